The highest BCUT2D eigenvalue weighted by Gasteiger charge is 2.18. The Morgan fingerprint density at radius 1 is 1.33 bits per heavy atom. The van der Waals surface area contributed by atoms with Gasteiger partial charge in [0, 0.05) is 6.54 Å². The molecule has 0 aliphatic heterocycles. The van der Waals surface area contributed by atoms with E-state index in [-0.39, 0.29) is 0 Å². The van der Waals surface area contributed by atoms with Crippen molar-refractivity contribution >= 4 is 0 Å². The third kappa shape index (κ3) is 6.16. The molecule has 90 valence electrons. The molecule has 0 aromatic carbocycles. The van der Waals surface area contributed by atoms with Crippen LogP contribution in [0.5, 0.6) is 0 Å². The normalized spacial score (nSPS) is 28.0. The maximum atomic E-state index is 9.53. The van der Waals surface area contributed by atoms with Gasteiger partial charge in [-0.05, 0) is 45.1 Å². The highest BCUT2D eigenvalue weighted by Crippen LogP contribution is 2.30. The Morgan fingerprint density at radius 3 is 2.67 bits per heavy atom. The zero-order chi connectivity index (χ0) is 11.3. The lowest BCUT2D eigenvalue weighted by Crippen LogP contribution is -2.35. The van der Waals surface area contributed by atoms with Crippen LogP contribution >= 0.6 is 0 Å². The SMILES string of the molecule is CC1CCCC(CCNCC(C)(C)O)C1. The molecule has 0 aromatic heterocycles. The van der Waals surface area contributed by atoms with E-state index in [0.29, 0.717) is 6.54 Å². The van der Waals surface area contributed by atoms with Crippen LogP contribution in [-0.4, -0.2) is 23.8 Å². The van der Waals surface area contributed by atoms with Crippen molar-refractivity contribution in [1.29, 1.82) is 0 Å². The minimum Gasteiger partial charge on any atom is -0.389 e. The van der Waals surface area contributed by atoms with E-state index in [1.54, 1.807) is 0 Å². The van der Waals surface area contributed by atoms with Crippen LogP contribution in [0.1, 0.15) is 52.9 Å². The first-order valence-electron chi connectivity index (χ1n) is 6.40. The van der Waals surface area contributed by atoms with Gasteiger partial charge in [-0.1, -0.05) is 26.2 Å². The monoisotopic (exact) mass is 213 g/mol. The lowest BCUT2D eigenvalue weighted by Gasteiger charge is -2.27. The van der Waals surface area contributed by atoms with E-state index < -0.39 is 5.60 Å². The van der Waals surface area contributed by atoms with Crippen LogP contribution in [0.15, 0.2) is 0 Å². The second-order valence-electron chi connectivity index (χ2n) is 5.92. The molecule has 1 aliphatic rings. The predicted molar refractivity (Wildman–Crippen MR) is 64.9 cm³/mol. The second-order valence-corrected chi connectivity index (χ2v) is 5.92. The maximum absolute atomic E-state index is 9.53. The van der Waals surface area contributed by atoms with Crippen molar-refractivity contribution < 1.29 is 5.11 Å². The number of hydrogen-bond donors (Lipinski definition) is 2. The van der Waals surface area contributed by atoms with Gasteiger partial charge in [-0.3, -0.25) is 0 Å². The van der Waals surface area contributed by atoms with E-state index in [1.165, 1.54) is 32.1 Å². The van der Waals surface area contributed by atoms with E-state index in [4.69, 9.17) is 0 Å². The summed E-state index contributed by atoms with van der Waals surface area (Å²) >= 11 is 0. The summed E-state index contributed by atoms with van der Waals surface area (Å²) in [6.07, 6.45) is 6.93. The van der Waals surface area contributed by atoms with Gasteiger partial charge in [0.25, 0.3) is 0 Å². The van der Waals surface area contributed by atoms with Gasteiger partial charge in [-0.25, -0.2) is 0 Å². The van der Waals surface area contributed by atoms with Crippen LogP contribution in [0.2, 0.25) is 0 Å². The molecule has 1 aliphatic carbocycles. The molecule has 2 unspecified atom stereocenters. The van der Waals surface area contributed by atoms with Gasteiger partial charge in [0.05, 0.1) is 5.60 Å². The summed E-state index contributed by atoms with van der Waals surface area (Å²) < 4.78 is 0. The fourth-order valence-corrected chi connectivity index (χ4v) is 2.52. The van der Waals surface area contributed by atoms with E-state index in [9.17, 15) is 5.11 Å². The Morgan fingerprint density at radius 2 is 2.07 bits per heavy atom. The summed E-state index contributed by atoms with van der Waals surface area (Å²) in [5, 5.41) is 12.9. The Kier molecular flexibility index (Phi) is 5.07. The first-order chi connectivity index (χ1) is 6.97. The number of hydrogen-bond acceptors (Lipinski definition) is 2. The van der Waals surface area contributed by atoms with Crippen molar-refractivity contribution in [3.63, 3.8) is 0 Å². The smallest absolute Gasteiger partial charge is 0.0715 e. The third-order valence-electron chi connectivity index (χ3n) is 3.33. The molecule has 15 heavy (non-hydrogen) atoms. The lowest BCUT2D eigenvalue weighted by atomic mass is 9.81. The van der Waals surface area contributed by atoms with Crippen LogP contribution in [-0.2, 0) is 0 Å². The van der Waals surface area contributed by atoms with Crippen LogP contribution in [0.25, 0.3) is 0 Å². The molecule has 2 N–H and O–H groups in total. The van der Waals surface area contributed by atoms with Crippen molar-refractivity contribution in [2.45, 2.75) is 58.5 Å². The topological polar surface area (TPSA) is 32.3 Å². The summed E-state index contributed by atoms with van der Waals surface area (Å²) in [6.45, 7) is 7.83. The average Bonchev–Trinajstić information content (AvgIpc) is 2.11. The van der Waals surface area contributed by atoms with Gasteiger partial charge in [-0.2, -0.15) is 0 Å². The molecule has 0 bridgehead atoms. The molecule has 0 saturated heterocycles. The highest BCUT2D eigenvalue weighted by atomic mass is 16.3. The fraction of sp³-hybridized carbons (Fsp3) is 1.00. The van der Waals surface area contributed by atoms with Crippen LogP contribution in [0, 0.1) is 11.8 Å². The minimum absolute atomic E-state index is 0.570. The van der Waals surface area contributed by atoms with Gasteiger partial charge < -0.3 is 10.4 Å². The highest BCUT2D eigenvalue weighted by molar-refractivity contribution is 4.73. The molecule has 1 rings (SSSR count). The molecule has 0 spiro atoms. The van der Waals surface area contributed by atoms with Crippen molar-refractivity contribution in [1.82, 2.24) is 5.32 Å². The zero-order valence-electron chi connectivity index (χ0n) is 10.6. The number of nitrogens with one attached hydrogen (secondary N) is 1. The summed E-state index contributed by atoms with van der Waals surface area (Å²) in [4.78, 5) is 0. The zero-order valence-corrected chi connectivity index (χ0v) is 10.6. The first-order valence-corrected chi connectivity index (χ1v) is 6.40. The van der Waals surface area contributed by atoms with Crippen molar-refractivity contribution in [2.24, 2.45) is 11.8 Å². The quantitative estimate of drug-likeness (QED) is 0.688. The summed E-state index contributed by atoms with van der Waals surface area (Å²) in [5.41, 5.74) is -0.570. The van der Waals surface area contributed by atoms with Gasteiger partial charge >= 0.3 is 0 Å². The number of aliphatic hydroxyl groups is 1. The Bertz CT molecular complexity index is 174. The summed E-state index contributed by atoms with van der Waals surface area (Å²) in [7, 11) is 0. The van der Waals surface area contributed by atoms with Crippen molar-refractivity contribution in [3.8, 4) is 0 Å². The first kappa shape index (κ1) is 13.0. The van der Waals surface area contributed by atoms with E-state index in [0.717, 1.165) is 18.4 Å². The number of rotatable bonds is 5. The molecule has 1 fully saturated rings. The Labute approximate surface area is 94.5 Å². The summed E-state index contributed by atoms with van der Waals surface area (Å²) in [5.74, 6) is 1.85. The van der Waals surface area contributed by atoms with Crippen molar-refractivity contribution in [3.05, 3.63) is 0 Å². The fourth-order valence-electron chi connectivity index (χ4n) is 2.52. The Hall–Kier alpha value is -0.0800. The second kappa shape index (κ2) is 5.86. The van der Waals surface area contributed by atoms with Gasteiger partial charge in [0.15, 0.2) is 0 Å². The van der Waals surface area contributed by atoms with Gasteiger partial charge in [0.1, 0.15) is 0 Å². The van der Waals surface area contributed by atoms with Crippen LogP contribution < -0.4 is 5.32 Å². The molecular formula is C13H27NO. The summed E-state index contributed by atoms with van der Waals surface area (Å²) in [6, 6.07) is 0. The molecular weight excluding hydrogens is 186 g/mol. The largest absolute Gasteiger partial charge is 0.389 e. The maximum Gasteiger partial charge on any atom is 0.0715 e. The molecule has 1 saturated carbocycles. The lowest BCUT2D eigenvalue weighted by molar-refractivity contribution is 0.0792. The minimum atomic E-state index is -0.570. The van der Waals surface area contributed by atoms with E-state index >= 15 is 0 Å². The standard InChI is InChI=1S/C13H27NO/c1-11-5-4-6-12(9-11)7-8-14-10-13(2,3)15/h11-12,14-15H,4-10H2,1-3H3. The van der Waals surface area contributed by atoms with Crippen LogP contribution in [0.4, 0.5) is 0 Å². The molecule has 0 amide bonds. The molecule has 0 heterocycles. The predicted octanol–water partition coefficient (Wildman–Crippen LogP) is 2.56. The van der Waals surface area contributed by atoms with Crippen molar-refractivity contribution in [2.75, 3.05) is 13.1 Å². The molecule has 0 radical (unpaired) electrons. The molecule has 0 aromatic rings. The van der Waals surface area contributed by atoms with Gasteiger partial charge in [-0.15, -0.1) is 0 Å². The van der Waals surface area contributed by atoms with E-state index in [1.807, 2.05) is 13.8 Å². The van der Waals surface area contributed by atoms with Gasteiger partial charge in [0.2, 0.25) is 0 Å². The van der Waals surface area contributed by atoms with Crippen LogP contribution in [0.3, 0.4) is 0 Å². The third-order valence-corrected chi connectivity index (χ3v) is 3.33. The molecule has 2 atom stereocenters. The Balaban J connectivity index is 2.04. The molecule has 2 nitrogen and oxygen atoms in total. The average molecular weight is 213 g/mol. The molecule has 2 heteroatoms. The van der Waals surface area contributed by atoms with E-state index in [2.05, 4.69) is 12.2 Å².